The van der Waals surface area contributed by atoms with Gasteiger partial charge in [0.15, 0.2) is 0 Å². The number of hydrogen-bond acceptors (Lipinski definition) is 4. The zero-order valence-corrected chi connectivity index (χ0v) is 17.1. The number of benzene rings is 1. The first-order valence-electron chi connectivity index (χ1n) is 7.82. The Kier molecular flexibility index (Phi) is 5.12. The number of halogens is 1. The summed E-state index contributed by atoms with van der Waals surface area (Å²) in [5, 5.41) is 4.92. The lowest BCUT2D eigenvalue weighted by Gasteiger charge is -2.21. The van der Waals surface area contributed by atoms with Crippen LogP contribution in [0.2, 0.25) is 5.02 Å². The molecule has 1 N–H and O–H groups in total. The second-order valence-electron chi connectivity index (χ2n) is 6.99. The molecule has 138 valence electrons. The van der Waals surface area contributed by atoms with Crippen molar-refractivity contribution in [2.24, 2.45) is 0 Å². The lowest BCUT2D eigenvalue weighted by Crippen LogP contribution is -2.25. The molecule has 0 fully saturated rings. The fourth-order valence-electron chi connectivity index (χ4n) is 2.78. The van der Waals surface area contributed by atoms with Crippen molar-refractivity contribution in [2.45, 2.75) is 52.0 Å². The van der Waals surface area contributed by atoms with Crippen LogP contribution in [0.3, 0.4) is 0 Å². The van der Waals surface area contributed by atoms with Crippen molar-refractivity contribution in [3.63, 3.8) is 0 Å². The number of sulfonamides is 1. The number of methoxy groups -OCH3 is 1. The van der Waals surface area contributed by atoms with E-state index in [4.69, 9.17) is 16.3 Å². The van der Waals surface area contributed by atoms with Gasteiger partial charge in [0, 0.05) is 11.1 Å². The van der Waals surface area contributed by atoms with E-state index < -0.39 is 10.0 Å². The Hall–Kier alpha value is -1.73. The minimum atomic E-state index is -3.83. The number of aromatic nitrogens is 2. The van der Waals surface area contributed by atoms with Gasteiger partial charge >= 0.3 is 0 Å². The molecule has 6 nitrogen and oxygen atoms in total. The SMILES string of the molecule is COc1cc(Cl)c(C)cc1NS(=O)(=O)c1c(C)nn(C(C)(C)C)c1C. The predicted molar refractivity (Wildman–Crippen MR) is 100 cm³/mol. The largest absolute Gasteiger partial charge is 0.495 e. The van der Waals surface area contributed by atoms with Gasteiger partial charge in [-0.2, -0.15) is 5.10 Å². The third-order valence-corrected chi connectivity index (χ3v) is 5.88. The molecule has 0 radical (unpaired) electrons. The minimum absolute atomic E-state index is 0.178. The zero-order valence-electron chi connectivity index (χ0n) is 15.6. The molecule has 1 aromatic heterocycles. The highest BCUT2D eigenvalue weighted by molar-refractivity contribution is 7.92. The molecule has 0 spiro atoms. The van der Waals surface area contributed by atoms with E-state index in [1.54, 1.807) is 37.6 Å². The minimum Gasteiger partial charge on any atom is -0.495 e. The van der Waals surface area contributed by atoms with Gasteiger partial charge in [0.1, 0.15) is 10.6 Å². The van der Waals surface area contributed by atoms with Gasteiger partial charge in [-0.05, 0) is 53.2 Å². The summed E-state index contributed by atoms with van der Waals surface area (Å²) in [7, 11) is -2.37. The van der Waals surface area contributed by atoms with Gasteiger partial charge < -0.3 is 4.74 Å². The molecule has 2 aromatic rings. The summed E-state index contributed by atoms with van der Waals surface area (Å²) in [6.45, 7) is 11.2. The highest BCUT2D eigenvalue weighted by Crippen LogP contribution is 2.34. The van der Waals surface area contributed by atoms with Crippen LogP contribution in [0.5, 0.6) is 5.75 Å². The lowest BCUT2D eigenvalue weighted by atomic mass is 10.1. The average molecular weight is 386 g/mol. The molecule has 0 unspecified atom stereocenters. The molecule has 0 amide bonds. The maximum absolute atomic E-state index is 13.0. The number of nitrogens with zero attached hydrogens (tertiary/aromatic N) is 2. The van der Waals surface area contributed by atoms with Gasteiger partial charge in [0.2, 0.25) is 0 Å². The van der Waals surface area contributed by atoms with Crippen LogP contribution in [0.1, 0.15) is 37.7 Å². The lowest BCUT2D eigenvalue weighted by molar-refractivity contribution is 0.345. The van der Waals surface area contributed by atoms with Gasteiger partial charge in [-0.3, -0.25) is 9.40 Å². The van der Waals surface area contributed by atoms with E-state index >= 15 is 0 Å². The van der Waals surface area contributed by atoms with E-state index in [0.29, 0.717) is 27.8 Å². The van der Waals surface area contributed by atoms with Crippen molar-refractivity contribution >= 4 is 27.3 Å². The number of anilines is 1. The molecule has 0 atom stereocenters. The Morgan fingerprint density at radius 3 is 2.28 bits per heavy atom. The highest BCUT2D eigenvalue weighted by Gasteiger charge is 2.29. The first-order chi connectivity index (χ1) is 11.4. The number of aryl methyl sites for hydroxylation is 2. The fourth-order valence-corrected chi connectivity index (χ4v) is 4.39. The predicted octanol–water partition coefficient (Wildman–Crippen LogP) is 4.03. The first-order valence-corrected chi connectivity index (χ1v) is 9.68. The number of ether oxygens (including phenoxy) is 1. The van der Waals surface area contributed by atoms with Crippen molar-refractivity contribution in [1.29, 1.82) is 0 Å². The van der Waals surface area contributed by atoms with E-state index in [0.717, 1.165) is 5.56 Å². The second kappa shape index (κ2) is 6.53. The van der Waals surface area contributed by atoms with E-state index in [2.05, 4.69) is 9.82 Å². The monoisotopic (exact) mass is 385 g/mol. The van der Waals surface area contributed by atoms with Gasteiger partial charge in [-0.25, -0.2) is 8.42 Å². The Balaban J connectivity index is 2.55. The molecule has 1 heterocycles. The highest BCUT2D eigenvalue weighted by atomic mass is 35.5. The van der Waals surface area contributed by atoms with Crippen LogP contribution in [0.25, 0.3) is 0 Å². The summed E-state index contributed by atoms with van der Waals surface area (Å²) >= 11 is 6.09. The molecule has 1 aromatic carbocycles. The normalized spacial score (nSPS) is 12.3. The summed E-state index contributed by atoms with van der Waals surface area (Å²) < 4.78 is 35.6. The molecule has 25 heavy (non-hydrogen) atoms. The van der Waals surface area contributed by atoms with Gasteiger partial charge in [-0.15, -0.1) is 0 Å². The van der Waals surface area contributed by atoms with Crippen molar-refractivity contribution in [1.82, 2.24) is 9.78 Å². The van der Waals surface area contributed by atoms with E-state index in [-0.39, 0.29) is 10.4 Å². The zero-order chi connectivity index (χ0) is 19.2. The average Bonchev–Trinajstić information content (AvgIpc) is 2.78. The summed E-state index contributed by atoms with van der Waals surface area (Å²) in [6, 6.07) is 3.24. The first kappa shape index (κ1) is 19.6. The number of rotatable bonds is 4. The van der Waals surface area contributed by atoms with Crippen molar-refractivity contribution in [2.75, 3.05) is 11.8 Å². The molecular formula is C17H24ClN3O3S. The summed E-state index contributed by atoms with van der Waals surface area (Å²) in [5.74, 6) is 0.359. The van der Waals surface area contributed by atoms with Crippen LogP contribution < -0.4 is 9.46 Å². The van der Waals surface area contributed by atoms with Gasteiger partial charge in [-0.1, -0.05) is 11.6 Å². The second-order valence-corrected chi connectivity index (χ2v) is 9.02. The number of hydrogen-bond donors (Lipinski definition) is 1. The van der Waals surface area contributed by atoms with Crippen LogP contribution in [-0.2, 0) is 15.6 Å². The molecular weight excluding hydrogens is 362 g/mol. The molecule has 0 aliphatic heterocycles. The van der Waals surface area contributed by atoms with E-state index in [1.807, 2.05) is 20.8 Å². The quantitative estimate of drug-likeness (QED) is 0.862. The standard InChI is InChI=1S/C17H24ClN3O3S/c1-10-8-14(15(24-7)9-13(10)18)20-25(22,23)16-11(2)19-21(12(16)3)17(4,5)6/h8-9,20H,1-7H3. The molecule has 2 rings (SSSR count). The topological polar surface area (TPSA) is 73.2 Å². The van der Waals surface area contributed by atoms with Crippen LogP contribution >= 0.6 is 11.6 Å². The molecule has 8 heteroatoms. The summed E-state index contributed by atoms with van der Waals surface area (Å²) in [6.07, 6.45) is 0. The van der Waals surface area contributed by atoms with Crippen LogP contribution in [-0.4, -0.2) is 25.3 Å². The third-order valence-electron chi connectivity index (χ3n) is 3.85. The smallest absolute Gasteiger partial charge is 0.265 e. The molecule has 0 bridgehead atoms. The third kappa shape index (κ3) is 3.77. The Labute approximate surface area is 154 Å². The molecule has 0 aliphatic rings. The number of nitrogens with one attached hydrogen (secondary N) is 1. The Bertz CT molecular complexity index is 912. The maximum atomic E-state index is 13.0. The molecule has 0 saturated carbocycles. The molecule has 0 saturated heterocycles. The van der Waals surface area contributed by atoms with Crippen LogP contribution in [0.4, 0.5) is 5.69 Å². The van der Waals surface area contributed by atoms with E-state index in [1.165, 1.54) is 7.11 Å². The summed E-state index contributed by atoms with van der Waals surface area (Å²) in [4.78, 5) is 0.178. The Morgan fingerprint density at radius 2 is 1.80 bits per heavy atom. The van der Waals surface area contributed by atoms with Crippen molar-refractivity contribution < 1.29 is 13.2 Å². The Morgan fingerprint density at radius 1 is 1.20 bits per heavy atom. The van der Waals surface area contributed by atoms with Gasteiger partial charge in [0.25, 0.3) is 10.0 Å². The van der Waals surface area contributed by atoms with Crippen LogP contribution in [0, 0.1) is 20.8 Å². The van der Waals surface area contributed by atoms with Gasteiger partial charge in [0.05, 0.1) is 29.7 Å². The maximum Gasteiger partial charge on any atom is 0.265 e. The summed E-state index contributed by atoms with van der Waals surface area (Å²) in [5.41, 5.74) is 1.80. The van der Waals surface area contributed by atoms with Crippen molar-refractivity contribution in [3.8, 4) is 5.75 Å². The van der Waals surface area contributed by atoms with Crippen molar-refractivity contribution in [3.05, 3.63) is 34.1 Å². The van der Waals surface area contributed by atoms with Crippen LogP contribution in [0.15, 0.2) is 17.0 Å². The fraction of sp³-hybridized carbons (Fsp3) is 0.471. The van der Waals surface area contributed by atoms with E-state index in [9.17, 15) is 8.42 Å². The molecule has 0 aliphatic carbocycles.